The smallest absolute Gasteiger partial charge is 0.230 e. The van der Waals surface area contributed by atoms with Gasteiger partial charge in [0.05, 0.1) is 12.7 Å². The topological polar surface area (TPSA) is 67.2 Å². The van der Waals surface area contributed by atoms with E-state index in [2.05, 4.69) is 10.4 Å². The van der Waals surface area contributed by atoms with Crippen LogP contribution in [-0.2, 0) is 29.6 Å². The lowest BCUT2D eigenvalue weighted by molar-refractivity contribution is -0.124. The molecule has 194 valence electrons. The average Bonchev–Trinajstić information content (AvgIpc) is 3.15. The molecule has 1 amide bonds. The number of aromatic nitrogens is 2. The van der Waals surface area contributed by atoms with Crippen molar-refractivity contribution in [1.29, 1.82) is 0 Å². The SMILES string of the molecule is Cn1ncc2c1Cc1cc(Cl)ccc1N(C(=O)C1CCC(CCC(=O)CCC3CCNCC3)CC1)C2. The molecule has 1 saturated carbocycles. The molecule has 1 saturated heterocycles. The maximum absolute atomic E-state index is 13.8. The minimum absolute atomic E-state index is 0.0404. The van der Waals surface area contributed by atoms with Gasteiger partial charge in [0.15, 0.2) is 0 Å². The molecule has 0 radical (unpaired) electrons. The maximum Gasteiger partial charge on any atom is 0.230 e. The Kier molecular flexibility index (Phi) is 8.12. The zero-order chi connectivity index (χ0) is 25.1. The van der Waals surface area contributed by atoms with Crippen LogP contribution in [0.4, 0.5) is 5.69 Å². The molecule has 0 spiro atoms. The predicted octanol–water partition coefficient (Wildman–Crippen LogP) is 5.45. The van der Waals surface area contributed by atoms with E-state index in [9.17, 15) is 9.59 Å². The number of rotatable bonds is 7. The van der Waals surface area contributed by atoms with Gasteiger partial charge in [0.1, 0.15) is 5.78 Å². The molecular weight excluding hydrogens is 472 g/mol. The summed E-state index contributed by atoms with van der Waals surface area (Å²) in [6.45, 7) is 2.75. The van der Waals surface area contributed by atoms with Crippen LogP contribution in [0, 0.1) is 17.8 Å². The van der Waals surface area contributed by atoms with Gasteiger partial charge in [0.2, 0.25) is 5.91 Å². The van der Waals surface area contributed by atoms with Crippen molar-refractivity contribution < 1.29 is 9.59 Å². The molecule has 1 aliphatic carbocycles. The molecule has 3 aliphatic rings. The Bertz CT molecular complexity index is 1080. The molecule has 2 aliphatic heterocycles. The fourth-order valence-corrected chi connectivity index (χ4v) is 6.60. The highest BCUT2D eigenvalue weighted by molar-refractivity contribution is 6.30. The average molecular weight is 511 g/mol. The summed E-state index contributed by atoms with van der Waals surface area (Å²) in [5.74, 6) is 1.97. The first-order valence-electron chi connectivity index (χ1n) is 13.8. The Morgan fingerprint density at radius 2 is 1.69 bits per heavy atom. The van der Waals surface area contributed by atoms with Crippen molar-refractivity contribution >= 4 is 29.0 Å². The summed E-state index contributed by atoms with van der Waals surface area (Å²) in [6, 6.07) is 5.86. The number of hydrogen-bond acceptors (Lipinski definition) is 4. The van der Waals surface area contributed by atoms with E-state index in [1.165, 1.54) is 12.8 Å². The zero-order valence-electron chi connectivity index (χ0n) is 21.5. The van der Waals surface area contributed by atoms with Crippen LogP contribution in [0.15, 0.2) is 24.4 Å². The Labute approximate surface area is 219 Å². The molecule has 1 aromatic carbocycles. The van der Waals surface area contributed by atoms with Gasteiger partial charge in [-0.15, -0.1) is 0 Å². The van der Waals surface area contributed by atoms with Gasteiger partial charge < -0.3 is 10.2 Å². The van der Waals surface area contributed by atoms with E-state index < -0.39 is 0 Å². The number of ketones is 1. The van der Waals surface area contributed by atoms with E-state index in [1.54, 1.807) is 0 Å². The van der Waals surface area contributed by atoms with Crippen LogP contribution in [0.5, 0.6) is 0 Å². The molecule has 7 heteroatoms. The molecule has 0 unspecified atom stereocenters. The molecule has 1 N–H and O–H groups in total. The lowest BCUT2D eigenvalue weighted by Crippen LogP contribution is -2.37. The third-order valence-corrected chi connectivity index (χ3v) is 8.99. The molecule has 2 fully saturated rings. The molecule has 36 heavy (non-hydrogen) atoms. The van der Waals surface area contributed by atoms with Gasteiger partial charge in [-0.1, -0.05) is 11.6 Å². The van der Waals surface area contributed by atoms with Crippen LogP contribution in [0.3, 0.4) is 0 Å². The van der Waals surface area contributed by atoms with Gasteiger partial charge in [-0.2, -0.15) is 5.10 Å². The molecule has 5 rings (SSSR count). The molecule has 3 heterocycles. The second-order valence-corrected chi connectivity index (χ2v) is 11.6. The van der Waals surface area contributed by atoms with Gasteiger partial charge in [0.25, 0.3) is 0 Å². The number of aryl methyl sites for hydroxylation is 1. The van der Waals surface area contributed by atoms with Gasteiger partial charge in [-0.25, -0.2) is 0 Å². The monoisotopic (exact) mass is 510 g/mol. The Hall–Kier alpha value is -2.18. The second-order valence-electron chi connectivity index (χ2n) is 11.1. The van der Waals surface area contributed by atoms with E-state index in [0.29, 0.717) is 29.7 Å². The van der Waals surface area contributed by atoms with Gasteiger partial charge in [-0.05, 0) is 100 Å². The number of carbonyl (C=O) groups excluding carboxylic acids is 2. The fourth-order valence-electron chi connectivity index (χ4n) is 6.40. The first kappa shape index (κ1) is 25.5. The number of nitrogens with zero attached hydrogens (tertiary/aromatic N) is 3. The number of halogens is 1. The number of piperidine rings is 1. The molecular formula is C29H39ClN4O2. The Balaban J connectivity index is 1.15. The van der Waals surface area contributed by atoms with Crippen LogP contribution in [-0.4, -0.2) is 34.6 Å². The minimum Gasteiger partial charge on any atom is -0.317 e. The molecule has 6 nitrogen and oxygen atoms in total. The summed E-state index contributed by atoms with van der Waals surface area (Å²) in [5, 5.41) is 8.53. The van der Waals surface area contributed by atoms with Gasteiger partial charge in [0, 0.05) is 54.2 Å². The van der Waals surface area contributed by atoms with Crippen molar-refractivity contribution in [2.24, 2.45) is 24.8 Å². The van der Waals surface area contributed by atoms with Crippen molar-refractivity contribution in [3.63, 3.8) is 0 Å². The maximum atomic E-state index is 13.8. The van der Waals surface area contributed by atoms with Crippen molar-refractivity contribution in [2.45, 2.75) is 77.2 Å². The summed E-state index contributed by atoms with van der Waals surface area (Å²) in [4.78, 5) is 28.2. The quantitative estimate of drug-likeness (QED) is 0.538. The van der Waals surface area contributed by atoms with Crippen molar-refractivity contribution in [2.75, 3.05) is 18.0 Å². The number of fused-ring (bicyclic) bond motifs is 2. The number of hydrogen-bond donors (Lipinski definition) is 1. The lowest BCUT2D eigenvalue weighted by Gasteiger charge is -2.32. The summed E-state index contributed by atoms with van der Waals surface area (Å²) >= 11 is 6.32. The summed E-state index contributed by atoms with van der Waals surface area (Å²) in [7, 11) is 1.96. The fraction of sp³-hybridized carbons (Fsp3) is 0.621. The number of carbonyl (C=O) groups is 2. The number of benzene rings is 1. The highest BCUT2D eigenvalue weighted by Crippen LogP contribution is 2.37. The Morgan fingerprint density at radius 1 is 1.00 bits per heavy atom. The Morgan fingerprint density at radius 3 is 2.42 bits per heavy atom. The van der Waals surface area contributed by atoms with Crippen LogP contribution in [0.2, 0.25) is 5.02 Å². The molecule has 1 aromatic heterocycles. The third kappa shape index (κ3) is 5.86. The van der Waals surface area contributed by atoms with Crippen molar-refractivity contribution in [1.82, 2.24) is 15.1 Å². The van der Waals surface area contributed by atoms with Crippen LogP contribution in [0.25, 0.3) is 0 Å². The number of amides is 1. The zero-order valence-corrected chi connectivity index (χ0v) is 22.2. The normalized spacial score (nSPS) is 22.6. The molecule has 0 bridgehead atoms. The largest absolute Gasteiger partial charge is 0.317 e. The second kappa shape index (κ2) is 11.5. The molecule has 2 aromatic rings. The number of anilines is 1. The van der Waals surface area contributed by atoms with Crippen LogP contribution >= 0.6 is 11.6 Å². The van der Waals surface area contributed by atoms with Gasteiger partial charge in [-0.3, -0.25) is 14.3 Å². The van der Waals surface area contributed by atoms with Gasteiger partial charge >= 0.3 is 0 Å². The standard InChI is InChI=1S/C29H39ClN4O2/c1-33-28-17-23-16-25(30)8-11-27(23)34(19-24(28)18-32-33)29(36)22-6-2-20(3-7-22)4-9-26(35)10-5-21-12-14-31-15-13-21/h8,11,16,18,20-22,31H,2-7,9-10,12-15,17,19H2,1H3. The predicted molar refractivity (Wildman–Crippen MR) is 143 cm³/mol. The van der Waals surface area contributed by atoms with E-state index in [0.717, 1.165) is 92.9 Å². The highest BCUT2D eigenvalue weighted by Gasteiger charge is 2.33. The van der Waals surface area contributed by atoms with Crippen LogP contribution < -0.4 is 10.2 Å². The van der Waals surface area contributed by atoms with Crippen LogP contribution in [0.1, 0.15) is 81.0 Å². The third-order valence-electron chi connectivity index (χ3n) is 8.75. The number of nitrogens with one attached hydrogen (secondary N) is 1. The summed E-state index contributed by atoms with van der Waals surface area (Å²) in [6.07, 6.45) is 12.4. The first-order chi connectivity index (χ1) is 17.5. The van der Waals surface area contributed by atoms with E-state index in [-0.39, 0.29) is 11.8 Å². The minimum atomic E-state index is 0.0404. The highest BCUT2D eigenvalue weighted by atomic mass is 35.5. The molecule has 0 atom stereocenters. The number of Topliss-reactive ketones (excluding diaryl/α,β-unsaturated/α-hetero) is 1. The lowest BCUT2D eigenvalue weighted by atomic mass is 9.79. The summed E-state index contributed by atoms with van der Waals surface area (Å²) < 4.78 is 1.91. The van der Waals surface area contributed by atoms with E-state index in [4.69, 9.17) is 11.6 Å². The van der Waals surface area contributed by atoms with E-state index in [1.807, 2.05) is 41.0 Å². The van der Waals surface area contributed by atoms with Crippen molar-refractivity contribution in [3.8, 4) is 0 Å². The first-order valence-corrected chi connectivity index (χ1v) is 14.2. The van der Waals surface area contributed by atoms with Crippen molar-refractivity contribution in [3.05, 3.63) is 46.2 Å². The summed E-state index contributed by atoms with van der Waals surface area (Å²) in [5.41, 5.74) is 4.30. The van der Waals surface area contributed by atoms with E-state index >= 15 is 0 Å².